The zero-order valence-electron chi connectivity index (χ0n) is 7.88. The van der Waals surface area contributed by atoms with Crippen LogP contribution in [0.1, 0.15) is 0 Å². The predicted molar refractivity (Wildman–Crippen MR) is 54.8 cm³/mol. The summed E-state index contributed by atoms with van der Waals surface area (Å²) < 4.78 is 5.32. The number of hydrogen-bond donors (Lipinski definition) is 1. The van der Waals surface area contributed by atoms with Crippen LogP contribution in [0, 0.1) is 0 Å². The minimum Gasteiger partial charge on any atom is -0.508 e. The molecule has 1 radical (unpaired) electrons. The fourth-order valence-electron chi connectivity index (χ4n) is 1.19. The van der Waals surface area contributed by atoms with Gasteiger partial charge in [0, 0.05) is 6.07 Å². The second-order valence-corrected chi connectivity index (χ2v) is 3.05. The fourth-order valence-corrected chi connectivity index (χ4v) is 1.19. The molecule has 3 nitrogen and oxygen atoms in total. The zero-order valence-corrected chi connectivity index (χ0v) is 7.88. The van der Waals surface area contributed by atoms with Crippen molar-refractivity contribution in [2.75, 3.05) is 0 Å². The lowest BCUT2D eigenvalue weighted by Crippen LogP contribution is -1.83. The highest BCUT2D eigenvalue weighted by Crippen LogP contribution is 2.33. The number of aromatic hydroxyl groups is 1. The molecule has 0 unspecified atom stereocenters. The average molecular weight is 201 g/mol. The van der Waals surface area contributed by atoms with Gasteiger partial charge in [-0.05, 0) is 24.3 Å². The monoisotopic (exact) mass is 201 g/mol. The van der Waals surface area contributed by atoms with Gasteiger partial charge in [-0.15, -0.1) is 0 Å². The number of rotatable bonds is 2. The Morgan fingerprint density at radius 3 is 2.47 bits per heavy atom. The number of para-hydroxylation sites is 1. The van der Waals surface area contributed by atoms with E-state index in [1.807, 2.05) is 18.2 Å². The van der Waals surface area contributed by atoms with E-state index in [1.54, 1.807) is 12.1 Å². The first kappa shape index (κ1) is 9.40. The summed E-state index contributed by atoms with van der Waals surface area (Å²) in [7, 11) is 0. The van der Waals surface area contributed by atoms with Crippen molar-refractivity contribution in [3.8, 4) is 23.0 Å². The van der Waals surface area contributed by atoms with Crippen LogP contribution in [0.15, 0.2) is 48.5 Å². The van der Waals surface area contributed by atoms with Crippen molar-refractivity contribution in [1.29, 1.82) is 0 Å². The van der Waals surface area contributed by atoms with Crippen LogP contribution in [-0.4, -0.2) is 5.11 Å². The van der Waals surface area contributed by atoms with Crippen LogP contribution in [0.25, 0.3) is 0 Å². The largest absolute Gasteiger partial charge is 0.508 e. The summed E-state index contributed by atoms with van der Waals surface area (Å²) in [5.74, 6) is 0.457. The molecule has 0 saturated heterocycles. The maximum atomic E-state index is 11.3. The number of phenols is 1. The third-order valence-corrected chi connectivity index (χ3v) is 1.90. The standard InChI is InChI=1S/C12H9O3/c13-9-6-7-11(14)12(8-9)15-10-4-2-1-3-5-10/h1-8,13H. The van der Waals surface area contributed by atoms with E-state index < -0.39 is 0 Å². The second-order valence-electron chi connectivity index (χ2n) is 3.05. The quantitative estimate of drug-likeness (QED) is 0.810. The van der Waals surface area contributed by atoms with Gasteiger partial charge in [-0.3, -0.25) is 5.11 Å². The number of benzene rings is 2. The predicted octanol–water partition coefficient (Wildman–Crippen LogP) is 3.33. The first-order valence-corrected chi connectivity index (χ1v) is 4.48. The minimum atomic E-state index is -0.253. The lowest BCUT2D eigenvalue weighted by atomic mass is 10.3. The zero-order chi connectivity index (χ0) is 10.7. The van der Waals surface area contributed by atoms with E-state index >= 15 is 0 Å². The van der Waals surface area contributed by atoms with Crippen molar-refractivity contribution in [2.24, 2.45) is 0 Å². The van der Waals surface area contributed by atoms with E-state index in [4.69, 9.17) is 4.74 Å². The molecule has 0 aliphatic carbocycles. The Hall–Kier alpha value is -2.16. The number of phenolic OH excluding ortho intramolecular Hbond substituents is 1. The lowest BCUT2D eigenvalue weighted by Gasteiger charge is -2.05. The van der Waals surface area contributed by atoms with Crippen LogP contribution >= 0.6 is 0 Å². The third kappa shape index (κ3) is 2.20. The molecule has 0 amide bonds. The minimum absolute atomic E-state index is 0.0144. The van der Waals surface area contributed by atoms with Gasteiger partial charge in [0.15, 0.2) is 5.75 Å². The van der Waals surface area contributed by atoms with Crippen molar-refractivity contribution in [1.82, 2.24) is 0 Å². The first-order valence-electron chi connectivity index (χ1n) is 4.48. The molecular weight excluding hydrogens is 192 g/mol. The summed E-state index contributed by atoms with van der Waals surface area (Å²) in [4.78, 5) is 0. The maximum absolute atomic E-state index is 11.3. The van der Waals surface area contributed by atoms with Gasteiger partial charge in [0.25, 0.3) is 0 Å². The summed E-state index contributed by atoms with van der Waals surface area (Å²) in [6, 6.07) is 12.9. The molecular formula is C12H9O3. The van der Waals surface area contributed by atoms with Crippen molar-refractivity contribution in [3.63, 3.8) is 0 Å². The molecule has 3 heteroatoms. The Kier molecular flexibility index (Phi) is 2.46. The van der Waals surface area contributed by atoms with Crippen LogP contribution in [0.3, 0.4) is 0 Å². The van der Waals surface area contributed by atoms with E-state index in [0.717, 1.165) is 0 Å². The van der Waals surface area contributed by atoms with Gasteiger partial charge < -0.3 is 9.84 Å². The SMILES string of the molecule is [O]c1ccc(O)cc1Oc1ccccc1. The molecule has 0 spiro atoms. The van der Waals surface area contributed by atoms with Gasteiger partial charge in [-0.25, -0.2) is 0 Å². The van der Waals surface area contributed by atoms with Crippen LogP contribution in [0.4, 0.5) is 0 Å². The molecule has 0 aromatic heterocycles. The van der Waals surface area contributed by atoms with Crippen LogP contribution < -0.4 is 4.74 Å². The summed E-state index contributed by atoms with van der Waals surface area (Å²) in [5.41, 5.74) is 0. The Balaban J connectivity index is 2.28. The van der Waals surface area contributed by atoms with Crippen LogP contribution in [0.2, 0.25) is 0 Å². The molecule has 2 aromatic rings. The summed E-state index contributed by atoms with van der Waals surface area (Å²) in [6.45, 7) is 0. The van der Waals surface area contributed by atoms with Gasteiger partial charge in [-0.2, -0.15) is 0 Å². The van der Waals surface area contributed by atoms with Gasteiger partial charge in [0.1, 0.15) is 11.5 Å². The van der Waals surface area contributed by atoms with Crippen LogP contribution in [-0.2, 0) is 5.11 Å². The van der Waals surface area contributed by atoms with E-state index in [2.05, 4.69) is 0 Å². The average Bonchev–Trinajstić information content (AvgIpc) is 2.25. The molecule has 0 fully saturated rings. The highest BCUT2D eigenvalue weighted by Gasteiger charge is 2.06. The Morgan fingerprint density at radius 2 is 1.73 bits per heavy atom. The highest BCUT2D eigenvalue weighted by molar-refractivity contribution is 5.46. The molecule has 0 aliphatic rings. The topological polar surface area (TPSA) is 49.4 Å². The Labute approximate surface area is 87.2 Å². The molecule has 75 valence electrons. The fraction of sp³-hybridized carbons (Fsp3) is 0. The molecule has 2 aromatic carbocycles. The number of hydrogen-bond acceptors (Lipinski definition) is 2. The lowest BCUT2D eigenvalue weighted by molar-refractivity contribution is 0.327. The van der Waals surface area contributed by atoms with Gasteiger partial charge >= 0.3 is 0 Å². The molecule has 2 rings (SSSR count). The normalized spacial score (nSPS) is 9.87. The summed E-state index contributed by atoms with van der Waals surface area (Å²) in [5, 5.41) is 20.5. The van der Waals surface area contributed by atoms with E-state index in [-0.39, 0.29) is 17.2 Å². The second kappa shape index (κ2) is 3.92. The van der Waals surface area contributed by atoms with E-state index in [9.17, 15) is 10.2 Å². The van der Waals surface area contributed by atoms with Gasteiger partial charge in [-0.1, -0.05) is 18.2 Å². The maximum Gasteiger partial charge on any atom is 0.221 e. The van der Waals surface area contributed by atoms with Gasteiger partial charge in [0.2, 0.25) is 5.75 Å². The van der Waals surface area contributed by atoms with Crippen molar-refractivity contribution < 1.29 is 14.9 Å². The summed E-state index contributed by atoms with van der Waals surface area (Å²) >= 11 is 0. The van der Waals surface area contributed by atoms with E-state index in [0.29, 0.717) is 5.75 Å². The van der Waals surface area contributed by atoms with Crippen molar-refractivity contribution >= 4 is 0 Å². The smallest absolute Gasteiger partial charge is 0.221 e. The molecule has 0 heterocycles. The first-order chi connectivity index (χ1) is 7.25. The molecule has 0 saturated carbocycles. The molecule has 0 aliphatic heterocycles. The molecule has 15 heavy (non-hydrogen) atoms. The molecule has 1 N–H and O–H groups in total. The third-order valence-electron chi connectivity index (χ3n) is 1.90. The summed E-state index contributed by atoms with van der Waals surface area (Å²) in [6.07, 6.45) is 0. The van der Waals surface area contributed by atoms with E-state index in [1.165, 1.54) is 18.2 Å². The Morgan fingerprint density at radius 1 is 1.00 bits per heavy atom. The van der Waals surface area contributed by atoms with Crippen molar-refractivity contribution in [3.05, 3.63) is 48.5 Å². The number of ether oxygens (including phenoxy) is 1. The highest BCUT2D eigenvalue weighted by atomic mass is 16.5. The molecule has 0 bridgehead atoms. The van der Waals surface area contributed by atoms with Crippen LogP contribution in [0.5, 0.6) is 23.0 Å². The van der Waals surface area contributed by atoms with Gasteiger partial charge in [0.05, 0.1) is 0 Å². The molecule has 0 atom stereocenters. The Bertz CT molecular complexity index is 452. The van der Waals surface area contributed by atoms with Crippen molar-refractivity contribution in [2.45, 2.75) is 0 Å².